The third kappa shape index (κ3) is 4.00. The minimum Gasteiger partial charge on any atom is -0.191 e. The van der Waals surface area contributed by atoms with E-state index in [-0.39, 0.29) is 0 Å². The van der Waals surface area contributed by atoms with Gasteiger partial charge in [0, 0.05) is 11.4 Å². The molecule has 1 heterocycles. The number of aromatic nitrogens is 3. The first-order valence-electron chi connectivity index (χ1n) is 7.08. The maximum atomic E-state index is 6.01. The van der Waals surface area contributed by atoms with Crippen LogP contribution in [0.25, 0.3) is 0 Å². The van der Waals surface area contributed by atoms with E-state index in [1.165, 1.54) is 17.3 Å². The van der Waals surface area contributed by atoms with Gasteiger partial charge in [0.05, 0.1) is 6.21 Å². The van der Waals surface area contributed by atoms with Crippen molar-refractivity contribution in [3.8, 4) is 0 Å². The zero-order valence-corrected chi connectivity index (χ0v) is 14.1. The number of hydrogen-bond donors (Lipinski definition) is 0. The zero-order chi connectivity index (χ0) is 16.1. The minimum absolute atomic E-state index is 0.682. The summed E-state index contributed by atoms with van der Waals surface area (Å²) < 4.78 is 1.78. The van der Waals surface area contributed by atoms with Crippen LogP contribution >= 0.6 is 23.4 Å². The summed E-state index contributed by atoms with van der Waals surface area (Å²) in [6.45, 7) is 0. The van der Waals surface area contributed by atoms with Crippen LogP contribution in [-0.2, 0) is 6.42 Å². The molecule has 3 aromatic rings. The summed E-state index contributed by atoms with van der Waals surface area (Å²) in [6.07, 6.45) is 4.41. The first kappa shape index (κ1) is 15.8. The molecule has 0 spiro atoms. The molecule has 0 unspecified atom stereocenters. The van der Waals surface area contributed by atoms with Gasteiger partial charge in [0.25, 0.3) is 0 Å². The van der Waals surface area contributed by atoms with Crippen LogP contribution in [0.2, 0.25) is 5.02 Å². The van der Waals surface area contributed by atoms with Crippen molar-refractivity contribution in [1.29, 1.82) is 0 Å². The van der Waals surface area contributed by atoms with E-state index in [9.17, 15) is 0 Å². The molecule has 3 rings (SSSR count). The maximum absolute atomic E-state index is 6.01. The molecule has 0 aliphatic carbocycles. The number of benzene rings is 2. The van der Waals surface area contributed by atoms with Crippen LogP contribution < -0.4 is 0 Å². The van der Waals surface area contributed by atoms with Crippen LogP contribution in [0.4, 0.5) is 0 Å². The van der Waals surface area contributed by atoms with E-state index in [0.29, 0.717) is 11.4 Å². The lowest BCUT2D eigenvalue weighted by atomic mass is 10.1. The van der Waals surface area contributed by atoms with Gasteiger partial charge < -0.3 is 0 Å². The highest BCUT2D eigenvalue weighted by Crippen LogP contribution is 2.16. The van der Waals surface area contributed by atoms with Gasteiger partial charge in [-0.2, -0.15) is 9.78 Å². The fraction of sp³-hybridized carbons (Fsp3) is 0.118. The Morgan fingerprint density at radius 3 is 2.70 bits per heavy atom. The maximum Gasteiger partial charge on any atom is 0.211 e. The smallest absolute Gasteiger partial charge is 0.191 e. The molecular weight excluding hydrogens is 328 g/mol. The summed E-state index contributed by atoms with van der Waals surface area (Å²) in [5.41, 5.74) is 2.11. The standard InChI is InChI=1S/C17H15ClN4S/c1-23-17-21-20-16(11-13-6-3-2-4-7-13)22(17)19-12-14-8-5-9-15(18)10-14/h2-10,12H,11H2,1H3/b19-12-. The van der Waals surface area contributed by atoms with Gasteiger partial charge in [-0.25, -0.2) is 0 Å². The van der Waals surface area contributed by atoms with E-state index in [1.54, 1.807) is 10.9 Å². The van der Waals surface area contributed by atoms with Gasteiger partial charge >= 0.3 is 0 Å². The largest absolute Gasteiger partial charge is 0.211 e. The molecule has 0 N–H and O–H groups in total. The lowest BCUT2D eigenvalue weighted by molar-refractivity contribution is 0.730. The number of thioether (sulfide) groups is 1. The van der Waals surface area contributed by atoms with Gasteiger partial charge in [-0.15, -0.1) is 10.2 Å². The van der Waals surface area contributed by atoms with E-state index in [4.69, 9.17) is 11.6 Å². The van der Waals surface area contributed by atoms with Crippen LogP contribution in [-0.4, -0.2) is 27.3 Å². The highest BCUT2D eigenvalue weighted by atomic mass is 35.5. The molecule has 0 aliphatic heterocycles. The van der Waals surface area contributed by atoms with Gasteiger partial charge in [0.15, 0.2) is 5.82 Å². The van der Waals surface area contributed by atoms with Crippen molar-refractivity contribution in [2.24, 2.45) is 5.10 Å². The topological polar surface area (TPSA) is 43.1 Å². The van der Waals surface area contributed by atoms with Gasteiger partial charge in [0.2, 0.25) is 5.16 Å². The zero-order valence-electron chi connectivity index (χ0n) is 12.6. The van der Waals surface area contributed by atoms with Gasteiger partial charge in [-0.1, -0.05) is 65.8 Å². The van der Waals surface area contributed by atoms with Crippen molar-refractivity contribution in [3.05, 3.63) is 76.6 Å². The Morgan fingerprint density at radius 1 is 1.13 bits per heavy atom. The van der Waals surface area contributed by atoms with Crippen LogP contribution in [0.1, 0.15) is 17.0 Å². The normalized spacial score (nSPS) is 11.2. The number of hydrogen-bond acceptors (Lipinski definition) is 4. The molecule has 0 bridgehead atoms. The molecule has 23 heavy (non-hydrogen) atoms. The second kappa shape index (κ2) is 7.44. The second-order valence-corrected chi connectivity index (χ2v) is 6.09. The predicted molar refractivity (Wildman–Crippen MR) is 95.5 cm³/mol. The Morgan fingerprint density at radius 2 is 1.96 bits per heavy atom. The van der Waals surface area contributed by atoms with Crippen molar-refractivity contribution in [2.45, 2.75) is 11.6 Å². The quantitative estimate of drug-likeness (QED) is 0.517. The van der Waals surface area contributed by atoms with E-state index in [1.807, 2.05) is 48.7 Å². The van der Waals surface area contributed by atoms with E-state index in [2.05, 4.69) is 27.4 Å². The lowest BCUT2D eigenvalue weighted by Gasteiger charge is -2.03. The van der Waals surface area contributed by atoms with E-state index in [0.717, 1.165) is 16.5 Å². The van der Waals surface area contributed by atoms with Crippen LogP contribution in [0, 0.1) is 0 Å². The molecule has 0 saturated heterocycles. The van der Waals surface area contributed by atoms with Crippen LogP contribution in [0.3, 0.4) is 0 Å². The third-order valence-corrected chi connectivity index (χ3v) is 4.09. The second-order valence-electron chi connectivity index (χ2n) is 4.88. The summed E-state index contributed by atoms with van der Waals surface area (Å²) in [4.78, 5) is 0. The highest BCUT2D eigenvalue weighted by molar-refractivity contribution is 7.98. The molecule has 0 amide bonds. The molecule has 4 nitrogen and oxygen atoms in total. The Hall–Kier alpha value is -2.11. The summed E-state index contributed by atoms with van der Waals surface area (Å²) in [5.74, 6) is 0.804. The average molecular weight is 343 g/mol. The molecule has 0 saturated carbocycles. The monoisotopic (exact) mass is 342 g/mol. The van der Waals surface area contributed by atoms with Crippen molar-refractivity contribution < 1.29 is 0 Å². The summed E-state index contributed by atoms with van der Waals surface area (Å²) in [5, 5.41) is 14.4. The first-order chi connectivity index (χ1) is 11.3. The van der Waals surface area contributed by atoms with Crippen molar-refractivity contribution in [2.75, 3.05) is 6.26 Å². The Labute approximate surface area is 144 Å². The number of halogens is 1. The Balaban J connectivity index is 1.89. The number of nitrogens with zero attached hydrogens (tertiary/aromatic N) is 4. The van der Waals surface area contributed by atoms with Crippen molar-refractivity contribution in [1.82, 2.24) is 14.9 Å². The SMILES string of the molecule is CSc1nnc(Cc2ccccc2)n1/N=C\c1cccc(Cl)c1. The fourth-order valence-electron chi connectivity index (χ4n) is 2.14. The van der Waals surface area contributed by atoms with Crippen LogP contribution in [0.15, 0.2) is 64.9 Å². The summed E-state index contributed by atoms with van der Waals surface area (Å²) in [6, 6.07) is 17.7. The fourth-order valence-corrected chi connectivity index (χ4v) is 2.79. The molecule has 0 aliphatic rings. The Kier molecular flexibility index (Phi) is 5.10. The summed E-state index contributed by atoms with van der Waals surface area (Å²) >= 11 is 7.52. The van der Waals surface area contributed by atoms with Crippen molar-refractivity contribution >= 4 is 29.6 Å². The van der Waals surface area contributed by atoms with Crippen LogP contribution in [0.5, 0.6) is 0 Å². The molecule has 2 aromatic carbocycles. The Bertz CT molecular complexity index is 814. The van der Waals surface area contributed by atoms with E-state index < -0.39 is 0 Å². The number of rotatable bonds is 5. The molecule has 6 heteroatoms. The lowest BCUT2D eigenvalue weighted by Crippen LogP contribution is -2.01. The molecule has 0 atom stereocenters. The molecule has 1 aromatic heterocycles. The van der Waals surface area contributed by atoms with Crippen molar-refractivity contribution in [3.63, 3.8) is 0 Å². The third-order valence-electron chi connectivity index (χ3n) is 3.24. The predicted octanol–water partition coefficient (Wildman–Crippen LogP) is 4.13. The van der Waals surface area contributed by atoms with Gasteiger partial charge in [-0.3, -0.25) is 0 Å². The first-order valence-corrected chi connectivity index (χ1v) is 8.68. The molecule has 0 radical (unpaired) electrons. The van der Waals surface area contributed by atoms with E-state index >= 15 is 0 Å². The average Bonchev–Trinajstić information content (AvgIpc) is 2.96. The van der Waals surface area contributed by atoms with Gasteiger partial charge in [-0.05, 0) is 29.5 Å². The molecule has 0 fully saturated rings. The van der Waals surface area contributed by atoms with Gasteiger partial charge in [0.1, 0.15) is 0 Å². The molecular formula is C17H15ClN4S. The molecule has 116 valence electrons. The minimum atomic E-state index is 0.682. The highest BCUT2D eigenvalue weighted by Gasteiger charge is 2.11. The summed E-state index contributed by atoms with van der Waals surface area (Å²) in [7, 11) is 0.